The van der Waals surface area contributed by atoms with E-state index >= 15 is 0 Å². The minimum Gasteiger partial charge on any atom is -0.338 e. The summed E-state index contributed by atoms with van der Waals surface area (Å²) in [5, 5.41) is 7.15. The van der Waals surface area contributed by atoms with E-state index in [4.69, 9.17) is 46.4 Å². The number of imidazole rings is 1. The van der Waals surface area contributed by atoms with E-state index in [1.54, 1.807) is 60.7 Å². The van der Waals surface area contributed by atoms with Crippen LogP contribution in [0.2, 0.25) is 20.1 Å². The van der Waals surface area contributed by atoms with Gasteiger partial charge in [0.05, 0.1) is 21.6 Å². The molecule has 0 fully saturated rings. The Balaban J connectivity index is 1.31. The second kappa shape index (κ2) is 10.4. The molecule has 3 N–H and O–H groups in total. The molecule has 0 atom stereocenters. The lowest BCUT2D eigenvalue weighted by Crippen LogP contribution is -2.12. The van der Waals surface area contributed by atoms with E-state index in [0.29, 0.717) is 43.4 Å². The quantitative estimate of drug-likeness (QED) is 0.199. The fourth-order valence-corrected chi connectivity index (χ4v) is 4.72. The van der Waals surface area contributed by atoms with E-state index in [0.717, 1.165) is 16.6 Å². The largest absolute Gasteiger partial charge is 0.338 e. The molecular weight excluding hydrogens is 554 g/mol. The van der Waals surface area contributed by atoms with Crippen LogP contribution in [0.4, 0.5) is 11.4 Å². The SMILES string of the molecule is O=C(Nc1ccc2nc(-c3ccc(NC(=O)c4ccc(Cl)cc4Cl)cc3)[nH]c2c1)c1cc(Cl)cc(Cl)c1. The Morgan fingerprint density at radius 3 is 2.05 bits per heavy atom. The van der Waals surface area contributed by atoms with Crippen molar-refractivity contribution in [1.82, 2.24) is 9.97 Å². The zero-order valence-electron chi connectivity index (χ0n) is 18.8. The van der Waals surface area contributed by atoms with E-state index in [1.165, 1.54) is 6.07 Å². The molecule has 0 saturated carbocycles. The van der Waals surface area contributed by atoms with Crippen molar-refractivity contribution in [2.24, 2.45) is 0 Å². The first-order valence-corrected chi connectivity index (χ1v) is 12.4. The number of fused-ring (bicyclic) bond motifs is 1. The van der Waals surface area contributed by atoms with E-state index in [9.17, 15) is 9.59 Å². The first-order valence-electron chi connectivity index (χ1n) is 10.9. The maximum Gasteiger partial charge on any atom is 0.257 e. The van der Waals surface area contributed by atoms with Crippen molar-refractivity contribution >= 4 is 80.6 Å². The maximum atomic E-state index is 12.6. The third-order valence-corrected chi connectivity index (χ3v) is 6.44. The number of carbonyl (C=O) groups is 2. The molecule has 0 unspecified atom stereocenters. The van der Waals surface area contributed by atoms with Crippen LogP contribution in [0.15, 0.2) is 78.9 Å². The summed E-state index contributed by atoms with van der Waals surface area (Å²) in [6, 6.07) is 21.9. The molecule has 0 spiro atoms. The summed E-state index contributed by atoms with van der Waals surface area (Å²) >= 11 is 24.0. The van der Waals surface area contributed by atoms with Gasteiger partial charge in [-0.3, -0.25) is 9.59 Å². The molecule has 184 valence electrons. The highest BCUT2D eigenvalue weighted by atomic mass is 35.5. The lowest BCUT2D eigenvalue weighted by Gasteiger charge is -2.07. The highest BCUT2D eigenvalue weighted by molar-refractivity contribution is 6.37. The number of H-pyrrole nitrogens is 1. The molecule has 5 rings (SSSR count). The summed E-state index contributed by atoms with van der Waals surface area (Å²) in [5.41, 5.74) is 4.16. The molecule has 4 aromatic carbocycles. The standard InChI is InChI=1S/C27H16Cl4N4O2/c28-16-3-7-21(22(31)12-16)27(37)32-19-4-1-14(2-5-19)25-34-23-8-6-20(13-24(23)35-25)33-26(36)15-9-17(29)11-18(30)10-15/h1-13H,(H,32,37)(H,33,36)(H,34,35). The van der Waals surface area contributed by atoms with Crippen LogP contribution in [-0.2, 0) is 0 Å². The second-order valence-corrected chi connectivity index (χ2v) is 9.80. The number of amides is 2. The molecule has 10 heteroatoms. The monoisotopic (exact) mass is 568 g/mol. The summed E-state index contributed by atoms with van der Waals surface area (Å²) in [5.74, 6) is -0.0347. The molecule has 0 saturated heterocycles. The minimum atomic E-state index is -0.340. The number of nitrogens with one attached hydrogen (secondary N) is 3. The van der Waals surface area contributed by atoms with Crippen molar-refractivity contribution in [2.45, 2.75) is 0 Å². The van der Waals surface area contributed by atoms with Crippen LogP contribution in [0.3, 0.4) is 0 Å². The smallest absolute Gasteiger partial charge is 0.257 e. The van der Waals surface area contributed by atoms with Crippen LogP contribution in [0.5, 0.6) is 0 Å². The topological polar surface area (TPSA) is 86.9 Å². The van der Waals surface area contributed by atoms with Crippen molar-refractivity contribution < 1.29 is 9.59 Å². The Hall–Kier alpha value is -3.55. The Kier molecular flexibility index (Phi) is 7.09. The van der Waals surface area contributed by atoms with E-state index in [-0.39, 0.29) is 16.8 Å². The summed E-state index contributed by atoms with van der Waals surface area (Å²) in [7, 11) is 0. The van der Waals surface area contributed by atoms with Crippen LogP contribution >= 0.6 is 46.4 Å². The number of halogens is 4. The van der Waals surface area contributed by atoms with Crippen molar-refractivity contribution in [1.29, 1.82) is 0 Å². The van der Waals surface area contributed by atoms with Crippen LogP contribution < -0.4 is 10.6 Å². The average Bonchev–Trinajstić information content (AvgIpc) is 3.27. The third kappa shape index (κ3) is 5.73. The molecule has 37 heavy (non-hydrogen) atoms. The summed E-state index contributed by atoms with van der Waals surface area (Å²) < 4.78 is 0. The highest BCUT2D eigenvalue weighted by Gasteiger charge is 2.13. The van der Waals surface area contributed by atoms with E-state index < -0.39 is 0 Å². The summed E-state index contributed by atoms with van der Waals surface area (Å²) in [6.07, 6.45) is 0. The van der Waals surface area contributed by atoms with Crippen LogP contribution in [-0.4, -0.2) is 21.8 Å². The van der Waals surface area contributed by atoms with Gasteiger partial charge in [-0.1, -0.05) is 46.4 Å². The summed E-state index contributed by atoms with van der Waals surface area (Å²) in [6.45, 7) is 0. The van der Waals surface area contributed by atoms with Gasteiger partial charge < -0.3 is 15.6 Å². The molecule has 0 aliphatic heterocycles. The van der Waals surface area contributed by atoms with Crippen LogP contribution in [0, 0.1) is 0 Å². The number of nitrogens with zero attached hydrogens (tertiary/aromatic N) is 1. The molecule has 5 aromatic rings. The van der Waals surface area contributed by atoms with Gasteiger partial charge in [0.2, 0.25) is 0 Å². The molecule has 6 nitrogen and oxygen atoms in total. The summed E-state index contributed by atoms with van der Waals surface area (Å²) in [4.78, 5) is 33.0. The van der Waals surface area contributed by atoms with E-state index in [2.05, 4.69) is 20.6 Å². The first-order chi connectivity index (χ1) is 17.7. The maximum absolute atomic E-state index is 12.6. The number of benzene rings is 4. The molecule has 1 aromatic heterocycles. The molecule has 0 aliphatic carbocycles. The average molecular weight is 570 g/mol. The number of aromatic nitrogens is 2. The highest BCUT2D eigenvalue weighted by Crippen LogP contribution is 2.26. The Labute approximate surface area is 231 Å². The van der Waals surface area contributed by atoms with Crippen molar-refractivity contribution in [3.05, 3.63) is 110 Å². The molecule has 0 radical (unpaired) electrons. The molecule has 0 aliphatic rings. The first kappa shape index (κ1) is 25.1. The zero-order chi connectivity index (χ0) is 26.1. The zero-order valence-corrected chi connectivity index (χ0v) is 21.8. The fourth-order valence-electron chi connectivity index (χ4n) is 3.70. The molecule has 0 bridgehead atoms. The van der Waals surface area contributed by atoms with Crippen LogP contribution in [0.1, 0.15) is 20.7 Å². The van der Waals surface area contributed by atoms with Crippen molar-refractivity contribution in [3.63, 3.8) is 0 Å². The van der Waals surface area contributed by atoms with Gasteiger partial charge in [-0.15, -0.1) is 0 Å². The number of anilines is 2. The van der Waals surface area contributed by atoms with E-state index in [1.807, 2.05) is 12.1 Å². The van der Waals surface area contributed by atoms with Crippen molar-refractivity contribution in [3.8, 4) is 11.4 Å². The van der Waals surface area contributed by atoms with Gasteiger partial charge in [0, 0.05) is 37.6 Å². The predicted octanol–water partition coefficient (Wildman–Crippen LogP) is 8.35. The van der Waals surface area contributed by atoms with Gasteiger partial charge in [-0.25, -0.2) is 4.98 Å². The Bertz CT molecular complexity index is 1650. The van der Waals surface area contributed by atoms with Gasteiger partial charge in [0.1, 0.15) is 5.82 Å². The second-order valence-electron chi connectivity index (χ2n) is 8.09. The third-order valence-electron chi connectivity index (χ3n) is 5.46. The van der Waals surface area contributed by atoms with Gasteiger partial charge >= 0.3 is 0 Å². The Morgan fingerprint density at radius 1 is 0.676 bits per heavy atom. The van der Waals surface area contributed by atoms with Crippen LogP contribution in [0.25, 0.3) is 22.4 Å². The number of hydrogen-bond donors (Lipinski definition) is 3. The number of carbonyl (C=O) groups excluding carboxylic acids is 2. The molecular formula is C27H16Cl4N4O2. The lowest BCUT2D eigenvalue weighted by atomic mass is 10.1. The lowest BCUT2D eigenvalue weighted by molar-refractivity contribution is 0.101. The van der Waals surface area contributed by atoms with Crippen molar-refractivity contribution in [2.75, 3.05) is 10.6 Å². The number of hydrogen-bond acceptors (Lipinski definition) is 3. The predicted molar refractivity (Wildman–Crippen MR) is 150 cm³/mol. The number of aromatic amines is 1. The normalized spacial score (nSPS) is 10.9. The number of rotatable bonds is 5. The minimum absolute atomic E-state index is 0.274. The molecule has 2 amide bonds. The fraction of sp³-hybridized carbons (Fsp3) is 0. The Morgan fingerprint density at radius 2 is 1.35 bits per heavy atom. The van der Waals surface area contributed by atoms with Gasteiger partial charge in [-0.05, 0) is 78.9 Å². The van der Waals surface area contributed by atoms with Gasteiger partial charge in [-0.2, -0.15) is 0 Å². The molecule has 1 heterocycles. The van der Waals surface area contributed by atoms with Gasteiger partial charge in [0.15, 0.2) is 0 Å². The van der Waals surface area contributed by atoms with Gasteiger partial charge in [0.25, 0.3) is 11.8 Å².